The van der Waals surface area contributed by atoms with Crippen molar-refractivity contribution in [2.75, 3.05) is 6.61 Å². The number of hydrogen-bond donors (Lipinski definition) is 1. The van der Waals surface area contributed by atoms with E-state index in [9.17, 15) is 4.79 Å². The molecule has 1 amide bonds. The number of carbonyl (C=O) groups excluding carboxylic acids is 1. The fraction of sp³-hybridized carbons (Fsp3) is 0.278. The molecule has 0 fully saturated rings. The Morgan fingerprint density at radius 3 is 2.33 bits per heavy atom. The largest absolute Gasteiger partial charge is 0.484 e. The molecule has 2 rings (SSSR count). The molecule has 0 aliphatic rings. The lowest BCUT2D eigenvalue weighted by atomic mass is 10.1. The molecule has 0 aliphatic heterocycles. The molecular weight excluding hydrogens is 262 g/mol. The molecule has 0 spiro atoms. The molecule has 1 N–H and O–H groups in total. The van der Waals surface area contributed by atoms with E-state index < -0.39 is 0 Å². The predicted octanol–water partition coefficient (Wildman–Crippen LogP) is 3.56. The van der Waals surface area contributed by atoms with Gasteiger partial charge < -0.3 is 10.1 Å². The van der Waals surface area contributed by atoms with Crippen LogP contribution < -0.4 is 10.1 Å². The molecule has 0 unspecified atom stereocenters. The monoisotopic (exact) mass is 283 g/mol. The molecule has 0 radical (unpaired) electrons. The van der Waals surface area contributed by atoms with E-state index in [1.807, 2.05) is 63.2 Å². The molecule has 0 bridgehead atoms. The van der Waals surface area contributed by atoms with Crippen molar-refractivity contribution >= 4 is 5.91 Å². The molecule has 2 aromatic rings. The Labute approximate surface area is 126 Å². The summed E-state index contributed by atoms with van der Waals surface area (Å²) < 4.78 is 5.55. The molecule has 110 valence electrons. The normalized spacial score (nSPS) is 11.8. The van der Waals surface area contributed by atoms with Crippen LogP contribution in [0.2, 0.25) is 0 Å². The maximum atomic E-state index is 11.9. The number of carbonyl (C=O) groups is 1. The van der Waals surface area contributed by atoms with Gasteiger partial charge in [-0.05, 0) is 49.6 Å². The smallest absolute Gasteiger partial charge is 0.258 e. The molecule has 0 aliphatic carbocycles. The second-order valence-corrected chi connectivity index (χ2v) is 5.31. The van der Waals surface area contributed by atoms with Gasteiger partial charge in [0.05, 0.1) is 6.04 Å². The van der Waals surface area contributed by atoms with E-state index in [0.29, 0.717) is 0 Å². The number of aryl methyl sites for hydroxylation is 2. The SMILES string of the molecule is Cc1cc(C)cc(OCC(=O)N[C@@H](C)c2ccccc2)c1. The summed E-state index contributed by atoms with van der Waals surface area (Å²) in [6.45, 7) is 6.01. The van der Waals surface area contributed by atoms with Gasteiger partial charge in [-0.1, -0.05) is 36.4 Å². The lowest BCUT2D eigenvalue weighted by molar-refractivity contribution is -0.123. The van der Waals surface area contributed by atoms with Gasteiger partial charge in [0.2, 0.25) is 0 Å². The van der Waals surface area contributed by atoms with Gasteiger partial charge in [-0.25, -0.2) is 0 Å². The fourth-order valence-corrected chi connectivity index (χ4v) is 2.27. The molecular formula is C18H21NO2. The van der Waals surface area contributed by atoms with Crippen molar-refractivity contribution in [2.24, 2.45) is 0 Å². The third-order valence-corrected chi connectivity index (χ3v) is 3.24. The predicted molar refractivity (Wildman–Crippen MR) is 84.4 cm³/mol. The van der Waals surface area contributed by atoms with E-state index in [4.69, 9.17) is 4.74 Å². The van der Waals surface area contributed by atoms with Gasteiger partial charge in [0.15, 0.2) is 6.61 Å². The Morgan fingerprint density at radius 2 is 1.71 bits per heavy atom. The van der Waals surface area contributed by atoms with Gasteiger partial charge >= 0.3 is 0 Å². The van der Waals surface area contributed by atoms with Crippen LogP contribution in [-0.4, -0.2) is 12.5 Å². The van der Waals surface area contributed by atoms with Crippen molar-refractivity contribution in [3.8, 4) is 5.75 Å². The quantitative estimate of drug-likeness (QED) is 0.911. The standard InChI is InChI=1S/C18H21NO2/c1-13-9-14(2)11-17(10-13)21-12-18(20)19-15(3)16-7-5-4-6-8-16/h4-11,15H,12H2,1-3H3,(H,19,20)/t15-/m0/s1. The van der Waals surface area contributed by atoms with E-state index in [1.54, 1.807) is 0 Å². The van der Waals surface area contributed by atoms with Gasteiger partial charge in [0, 0.05) is 0 Å². The number of hydrogen-bond acceptors (Lipinski definition) is 2. The number of nitrogens with one attached hydrogen (secondary N) is 1. The first-order chi connectivity index (χ1) is 10.0. The summed E-state index contributed by atoms with van der Waals surface area (Å²) in [5, 5.41) is 2.93. The van der Waals surface area contributed by atoms with Gasteiger partial charge in [-0.15, -0.1) is 0 Å². The molecule has 0 saturated heterocycles. The molecule has 0 saturated carbocycles. The van der Waals surface area contributed by atoms with Gasteiger partial charge in [-0.2, -0.15) is 0 Å². The van der Waals surface area contributed by atoms with Crippen molar-refractivity contribution in [2.45, 2.75) is 26.8 Å². The molecule has 21 heavy (non-hydrogen) atoms. The third-order valence-electron chi connectivity index (χ3n) is 3.24. The average molecular weight is 283 g/mol. The highest BCUT2D eigenvalue weighted by molar-refractivity contribution is 5.78. The van der Waals surface area contributed by atoms with Crippen molar-refractivity contribution in [3.05, 3.63) is 65.2 Å². The summed E-state index contributed by atoms with van der Waals surface area (Å²) in [6.07, 6.45) is 0. The lowest BCUT2D eigenvalue weighted by Crippen LogP contribution is -2.31. The molecule has 3 heteroatoms. The van der Waals surface area contributed by atoms with Crippen molar-refractivity contribution in [1.82, 2.24) is 5.32 Å². The van der Waals surface area contributed by atoms with Gasteiger partial charge in [0.1, 0.15) is 5.75 Å². The Morgan fingerprint density at radius 1 is 1.10 bits per heavy atom. The highest BCUT2D eigenvalue weighted by Crippen LogP contribution is 2.16. The zero-order chi connectivity index (χ0) is 15.2. The first-order valence-electron chi connectivity index (χ1n) is 7.10. The maximum Gasteiger partial charge on any atom is 0.258 e. The maximum absolute atomic E-state index is 11.9. The van der Waals surface area contributed by atoms with Crippen LogP contribution >= 0.6 is 0 Å². The van der Waals surface area contributed by atoms with Crippen LogP contribution in [0.15, 0.2) is 48.5 Å². The summed E-state index contributed by atoms with van der Waals surface area (Å²) in [6, 6.07) is 15.8. The molecule has 3 nitrogen and oxygen atoms in total. The minimum Gasteiger partial charge on any atom is -0.484 e. The highest BCUT2D eigenvalue weighted by atomic mass is 16.5. The summed E-state index contributed by atoms with van der Waals surface area (Å²) in [5.41, 5.74) is 3.34. The summed E-state index contributed by atoms with van der Waals surface area (Å²) in [4.78, 5) is 11.9. The Bertz CT molecular complexity index is 588. The van der Waals surface area contributed by atoms with E-state index in [2.05, 4.69) is 11.4 Å². The Balaban J connectivity index is 1.87. The zero-order valence-corrected chi connectivity index (χ0v) is 12.7. The van der Waals surface area contributed by atoms with Crippen LogP contribution in [-0.2, 0) is 4.79 Å². The van der Waals surface area contributed by atoms with E-state index in [1.165, 1.54) is 0 Å². The second kappa shape index (κ2) is 6.93. The zero-order valence-electron chi connectivity index (χ0n) is 12.7. The first kappa shape index (κ1) is 15.1. The highest BCUT2D eigenvalue weighted by Gasteiger charge is 2.09. The molecule has 0 aromatic heterocycles. The van der Waals surface area contributed by atoms with Crippen LogP contribution in [0.1, 0.15) is 29.7 Å². The van der Waals surface area contributed by atoms with Gasteiger partial charge in [0.25, 0.3) is 5.91 Å². The van der Waals surface area contributed by atoms with Crippen LogP contribution in [0.4, 0.5) is 0 Å². The molecule has 1 atom stereocenters. The van der Waals surface area contributed by atoms with Crippen LogP contribution in [0.25, 0.3) is 0 Å². The van der Waals surface area contributed by atoms with Gasteiger partial charge in [-0.3, -0.25) is 4.79 Å². The van der Waals surface area contributed by atoms with E-state index in [-0.39, 0.29) is 18.6 Å². The van der Waals surface area contributed by atoms with Crippen molar-refractivity contribution in [1.29, 1.82) is 0 Å². The number of ether oxygens (including phenoxy) is 1. The second-order valence-electron chi connectivity index (χ2n) is 5.31. The third kappa shape index (κ3) is 4.63. The number of benzene rings is 2. The van der Waals surface area contributed by atoms with Crippen molar-refractivity contribution in [3.63, 3.8) is 0 Å². The van der Waals surface area contributed by atoms with Crippen molar-refractivity contribution < 1.29 is 9.53 Å². The lowest BCUT2D eigenvalue weighted by Gasteiger charge is -2.15. The minimum atomic E-state index is -0.120. The van der Waals surface area contributed by atoms with E-state index >= 15 is 0 Å². The Hall–Kier alpha value is -2.29. The first-order valence-corrected chi connectivity index (χ1v) is 7.10. The Kier molecular flexibility index (Phi) is 4.99. The number of amides is 1. The average Bonchev–Trinajstić information content (AvgIpc) is 2.45. The van der Waals surface area contributed by atoms with Crippen LogP contribution in [0, 0.1) is 13.8 Å². The van der Waals surface area contributed by atoms with Crippen LogP contribution in [0.3, 0.4) is 0 Å². The summed E-state index contributed by atoms with van der Waals surface area (Å²) in [7, 11) is 0. The van der Waals surface area contributed by atoms with Crippen LogP contribution in [0.5, 0.6) is 5.75 Å². The van der Waals surface area contributed by atoms with E-state index in [0.717, 1.165) is 22.4 Å². The summed E-state index contributed by atoms with van der Waals surface area (Å²) in [5.74, 6) is 0.612. The fourth-order valence-electron chi connectivity index (χ4n) is 2.27. The topological polar surface area (TPSA) is 38.3 Å². The number of rotatable bonds is 5. The molecule has 2 aromatic carbocycles. The molecule has 0 heterocycles. The summed E-state index contributed by atoms with van der Waals surface area (Å²) >= 11 is 0. The minimum absolute atomic E-state index is 0.0263.